The number of hydrogen-bond donors (Lipinski definition) is 0. The fraction of sp³-hybridized carbons (Fsp3) is 0. The molecule has 3 nitrogen and oxygen atoms in total. The number of para-hydroxylation sites is 3. The normalized spacial score (nSPS) is 11.7. The maximum atomic E-state index is 6.22. The van der Waals surface area contributed by atoms with Crippen molar-refractivity contribution >= 4 is 71.6 Å². The van der Waals surface area contributed by atoms with Gasteiger partial charge in [0.2, 0.25) is 0 Å². The molecule has 0 bridgehead atoms. The molecule has 10 aromatic rings. The van der Waals surface area contributed by atoms with Gasteiger partial charge in [0, 0.05) is 44.3 Å². The molecule has 10 rings (SSSR count). The van der Waals surface area contributed by atoms with Crippen LogP contribution < -0.4 is 4.90 Å². The average Bonchev–Trinajstić information content (AvgIpc) is 3.70. The number of benzene rings is 8. The van der Waals surface area contributed by atoms with Crippen LogP contribution in [0.5, 0.6) is 0 Å². The molecular formula is C46H30N2O. The van der Waals surface area contributed by atoms with Crippen molar-refractivity contribution in [1.82, 2.24) is 4.57 Å². The van der Waals surface area contributed by atoms with Crippen LogP contribution >= 0.6 is 0 Å². The van der Waals surface area contributed by atoms with E-state index in [4.69, 9.17) is 4.42 Å². The summed E-state index contributed by atoms with van der Waals surface area (Å²) in [6.07, 6.45) is 0. The largest absolute Gasteiger partial charge is 0.456 e. The van der Waals surface area contributed by atoms with Gasteiger partial charge in [-0.1, -0.05) is 103 Å². The number of aromatic nitrogens is 1. The Kier molecular flexibility index (Phi) is 6.18. The maximum Gasteiger partial charge on any atom is 0.136 e. The van der Waals surface area contributed by atoms with Crippen molar-refractivity contribution in [2.75, 3.05) is 4.90 Å². The van der Waals surface area contributed by atoms with E-state index in [9.17, 15) is 0 Å². The molecule has 0 unspecified atom stereocenters. The number of furan rings is 1. The van der Waals surface area contributed by atoms with Gasteiger partial charge in [-0.05, 0) is 101 Å². The van der Waals surface area contributed by atoms with Crippen LogP contribution in [-0.4, -0.2) is 4.57 Å². The van der Waals surface area contributed by atoms with Gasteiger partial charge in [-0.25, -0.2) is 0 Å². The highest BCUT2D eigenvalue weighted by Gasteiger charge is 2.18. The van der Waals surface area contributed by atoms with Crippen molar-refractivity contribution in [2.24, 2.45) is 0 Å². The van der Waals surface area contributed by atoms with Crippen molar-refractivity contribution in [3.8, 4) is 16.8 Å². The summed E-state index contributed by atoms with van der Waals surface area (Å²) in [5, 5.41) is 7.04. The molecule has 3 heteroatoms. The van der Waals surface area contributed by atoms with Crippen molar-refractivity contribution < 1.29 is 4.42 Å². The van der Waals surface area contributed by atoms with Gasteiger partial charge in [0.1, 0.15) is 11.2 Å². The van der Waals surface area contributed by atoms with E-state index in [0.717, 1.165) is 50.1 Å². The van der Waals surface area contributed by atoms with Gasteiger partial charge in [0.15, 0.2) is 0 Å². The molecule has 0 aliphatic rings. The Morgan fingerprint density at radius 2 is 1.00 bits per heavy atom. The minimum absolute atomic E-state index is 0.912. The van der Waals surface area contributed by atoms with Gasteiger partial charge in [0.25, 0.3) is 0 Å². The molecule has 0 aliphatic carbocycles. The van der Waals surface area contributed by atoms with E-state index < -0.39 is 0 Å². The lowest BCUT2D eigenvalue weighted by Crippen LogP contribution is -2.10. The summed E-state index contributed by atoms with van der Waals surface area (Å²) in [6.45, 7) is 0. The first-order valence-corrected chi connectivity index (χ1v) is 16.7. The van der Waals surface area contributed by atoms with Crippen LogP contribution in [-0.2, 0) is 0 Å². The molecule has 0 fully saturated rings. The van der Waals surface area contributed by atoms with E-state index in [-0.39, 0.29) is 0 Å². The molecule has 0 spiro atoms. The zero-order chi connectivity index (χ0) is 32.3. The molecule has 230 valence electrons. The molecule has 0 radical (unpaired) electrons. The smallest absolute Gasteiger partial charge is 0.136 e. The van der Waals surface area contributed by atoms with Gasteiger partial charge in [-0.15, -0.1) is 0 Å². The molecular weight excluding hydrogens is 597 g/mol. The highest BCUT2D eigenvalue weighted by Crippen LogP contribution is 2.42. The molecule has 2 heterocycles. The van der Waals surface area contributed by atoms with E-state index in [1.165, 1.54) is 38.3 Å². The SMILES string of the molecule is c1ccc(-c2ccc(N(c3ccc4cc5oc6ccccc6c5cc4c3)c3ccc4c(c3)c3ccccc3n4-c3ccccc3)cc2)cc1. The Morgan fingerprint density at radius 1 is 0.367 bits per heavy atom. The number of rotatable bonds is 5. The van der Waals surface area contributed by atoms with Crippen LogP contribution in [0.1, 0.15) is 0 Å². The van der Waals surface area contributed by atoms with Crippen LogP contribution in [0.15, 0.2) is 186 Å². The molecule has 0 saturated heterocycles. The first-order valence-electron chi connectivity index (χ1n) is 16.7. The first kappa shape index (κ1) is 27.5. The van der Waals surface area contributed by atoms with Crippen molar-refractivity contribution in [3.63, 3.8) is 0 Å². The molecule has 2 aromatic heterocycles. The van der Waals surface area contributed by atoms with E-state index in [0.29, 0.717) is 0 Å². The van der Waals surface area contributed by atoms with Crippen LogP contribution in [0, 0.1) is 0 Å². The molecule has 0 N–H and O–H groups in total. The standard InChI is InChI=1S/C46H30N2O/c1-3-11-31(12-4-1)32-19-22-36(23-20-32)47(37-24-21-33-29-46-42(28-34(33)27-37)40-16-8-10-18-45(40)49-46)38-25-26-44-41(30-38)39-15-7-9-17-43(39)48(44)35-13-5-2-6-14-35/h1-30H. The second-order valence-electron chi connectivity index (χ2n) is 12.6. The minimum atomic E-state index is 0.912. The fourth-order valence-corrected chi connectivity index (χ4v) is 7.43. The molecule has 0 saturated carbocycles. The highest BCUT2D eigenvalue weighted by molar-refractivity contribution is 6.12. The maximum absolute atomic E-state index is 6.22. The Bertz CT molecular complexity index is 2810. The Hall–Kier alpha value is -6.58. The number of fused-ring (bicyclic) bond motifs is 7. The van der Waals surface area contributed by atoms with Crippen molar-refractivity contribution in [1.29, 1.82) is 0 Å². The van der Waals surface area contributed by atoms with Gasteiger partial charge in [0.05, 0.1) is 11.0 Å². The van der Waals surface area contributed by atoms with Crippen LogP contribution in [0.4, 0.5) is 17.1 Å². The van der Waals surface area contributed by atoms with E-state index in [1.807, 2.05) is 12.1 Å². The lowest BCUT2D eigenvalue weighted by molar-refractivity contribution is 0.669. The zero-order valence-corrected chi connectivity index (χ0v) is 26.6. The Labute approximate surface area is 283 Å². The Balaban J connectivity index is 1.18. The third-order valence-electron chi connectivity index (χ3n) is 9.74. The van der Waals surface area contributed by atoms with Gasteiger partial charge < -0.3 is 13.9 Å². The number of anilines is 3. The lowest BCUT2D eigenvalue weighted by atomic mass is 10.0. The van der Waals surface area contributed by atoms with Gasteiger partial charge >= 0.3 is 0 Å². The molecule has 8 aromatic carbocycles. The number of nitrogens with zero attached hydrogens (tertiary/aromatic N) is 2. The first-order chi connectivity index (χ1) is 24.3. The van der Waals surface area contributed by atoms with E-state index in [2.05, 4.69) is 179 Å². The van der Waals surface area contributed by atoms with Gasteiger partial charge in [-0.2, -0.15) is 0 Å². The van der Waals surface area contributed by atoms with Crippen LogP contribution in [0.2, 0.25) is 0 Å². The van der Waals surface area contributed by atoms with E-state index >= 15 is 0 Å². The summed E-state index contributed by atoms with van der Waals surface area (Å²) in [6, 6.07) is 65.1. The van der Waals surface area contributed by atoms with E-state index in [1.54, 1.807) is 0 Å². The minimum Gasteiger partial charge on any atom is -0.456 e. The average molecular weight is 627 g/mol. The summed E-state index contributed by atoms with van der Waals surface area (Å²) < 4.78 is 8.59. The third kappa shape index (κ3) is 4.51. The second kappa shape index (κ2) is 11.0. The summed E-state index contributed by atoms with van der Waals surface area (Å²) in [5.41, 5.74) is 11.1. The fourth-order valence-electron chi connectivity index (χ4n) is 7.43. The van der Waals surface area contributed by atoms with Crippen LogP contribution in [0.3, 0.4) is 0 Å². The predicted octanol–water partition coefficient (Wildman–Crippen LogP) is 13.0. The van der Waals surface area contributed by atoms with Crippen molar-refractivity contribution in [3.05, 3.63) is 182 Å². The molecule has 0 aliphatic heterocycles. The predicted molar refractivity (Wildman–Crippen MR) is 206 cm³/mol. The summed E-state index contributed by atoms with van der Waals surface area (Å²) >= 11 is 0. The third-order valence-corrected chi connectivity index (χ3v) is 9.74. The van der Waals surface area contributed by atoms with Crippen molar-refractivity contribution in [2.45, 2.75) is 0 Å². The molecule has 49 heavy (non-hydrogen) atoms. The zero-order valence-electron chi connectivity index (χ0n) is 26.6. The molecule has 0 amide bonds. The summed E-state index contributed by atoms with van der Waals surface area (Å²) in [7, 11) is 0. The topological polar surface area (TPSA) is 21.3 Å². The van der Waals surface area contributed by atoms with Crippen LogP contribution in [0.25, 0.3) is 71.3 Å². The van der Waals surface area contributed by atoms with Gasteiger partial charge in [-0.3, -0.25) is 0 Å². The number of hydrogen-bond acceptors (Lipinski definition) is 2. The summed E-state index contributed by atoms with van der Waals surface area (Å²) in [4.78, 5) is 2.37. The highest BCUT2D eigenvalue weighted by atomic mass is 16.3. The summed E-state index contributed by atoms with van der Waals surface area (Å²) in [5.74, 6) is 0. The Morgan fingerprint density at radius 3 is 1.84 bits per heavy atom. The monoisotopic (exact) mass is 626 g/mol. The molecule has 0 atom stereocenters. The lowest BCUT2D eigenvalue weighted by Gasteiger charge is -2.26. The second-order valence-corrected chi connectivity index (χ2v) is 12.6. The quantitative estimate of drug-likeness (QED) is 0.190.